The molecule has 158 valence electrons. The molecule has 2 heterocycles. The lowest BCUT2D eigenvalue weighted by atomic mass is 10.0. The Balaban J connectivity index is 1.84. The maximum Gasteiger partial charge on any atom is 0.417 e. The Bertz CT molecular complexity index is 1510. The number of aryl methyl sites for hydroxylation is 1. The van der Waals surface area contributed by atoms with Crippen LogP contribution in [0.2, 0.25) is 5.02 Å². The average Bonchev–Trinajstić information content (AvgIpc) is 3.07. The number of aromatic amines is 1. The average molecular weight is 462 g/mol. The van der Waals surface area contributed by atoms with E-state index in [1.807, 2.05) is 0 Å². The van der Waals surface area contributed by atoms with Crippen LogP contribution < -0.4 is 10.5 Å². The smallest absolute Gasteiger partial charge is 0.407 e. The summed E-state index contributed by atoms with van der Waals surface area (Å²) in [4.78, 5) is 30.8. The Morgan fingerprint density at radius 3 is 2.74 bits per heavy atom. The van der Waals surface area contributed by atoms with Gasteiger partial charge in [0.2, 0.25) is 5.78 Å². The Morgan fingerprint density at radius 1 is 1.23 bits per heavy atom. The van der Waals surface area contributed by atoms with Crippen molar-refractivity contribution in [3.8, 4) is 0 Å². The van der Waals surface area contributed by atoms with E-state index < -0.39 is 38.6 Å². The van der Waals surface area contributed by atoms with Gasteiger partial charge in [-0.15, -0.1) is 0 Å². The number of carbonyl (C=O) groups excluding carboxylic acids is 1. The van der Waals surface area contributed by atoms with Gasteiger partial charge in [0.1, 0.15) is 17.1 Å². The zero-order chi connectivity index (χ0) is 22.3. The summed E-state index contributed by atoms with van der Waals surface area (Å²) < 4.78 is 47.4. The number of hydrogen-bond donors (Lipinski definition) is 2. The highest BCUT2D eigenvalue weighted by Gasteiger charge is 2.26. The second kappa shape index (κ2) is 7.64. The van der Waals surface area contributed by atoms with Crippen molar-refractivity contribution in [3.63, 3.8) is 0 Å². The lowest BCUT2D eigenvalue weighted by molar-refractivity contribution is 0.103. The van der Waals surface area contributed by atoms with E-state index in [9.17, 15) is 22.4 Å². The summed E-state index contributed by atoms with van der Waals surface area (Å²) in [5.74, 6) is -2.84. The van der Waals surface area contributed by atoms with Crippen LogP contribution in [-0.4, -0.2) is 24.2 Å². The molecule has 0 spiro atoms. The van der Waals surface area contributed by atoms with Gasteiger partial charge in [-0.3, -0.25) is 14.5 Å². The molecule has 11 heteroatoms. The van der Waals surface area contributed by atoms with Gasteiger partial charge in [0, 0.05) is 6.20 Å². The summed E-state index contributed by atoms with van der Waals surface area (Å²) in [5, 5.41) is 0.0466. The van der Waals surface area contributed by atoms with E-state index in [2.05, 4.69) is 14.7 Å². The van der Waals surface area contributed by atoms with Gasteiger partial charge in [-0.1, -0.05) is 23.7 Å². The van der Waals surface area contributed by atoms with Crippen LogP contribution in [0.1, 0.15) is 21.6 Å². The summed E-state index contributed by atoms with van der Waals surface area (Å²) in [5.41, 5.74) is -0.740. The molecule has 0 saturated heterocycles. The molecule has 4 rings (SSSR count). The van der Waals surface area contributed by atoms with Crippen LogP contribution in [0.3, 0.4) is 0 Å². The largest absolute Gasteiger partial charge is 0.417 e. The number of benzene rings is 2. The number of halogens is 2. The highest BCUT2D eigenvalue weighted by Crippen LogP contribution is 2.28. The Labute approximate surface area is 179 Å². The summed E-state index contributed by atoms with van der Waals surface area (Å²) in [6.07, 6.45) is 1.12. The van der Waals surface area contributed by atoms with E-state index in [1.165, 1.54) is 24.3 Å². The summed E-state index contributed by atoms with van der Waals surface area (Å²) in [6.45, 7) is 1.73. The molecule has 0 unspecified atom stereocenters. The van der Waals surface area contributed by atoms with E-state index >= 15 is 0 Å². The number of nitrogens with one attached hydrogen (secondary N) is 2. The first-order valence-corrected chi connectivity index (χ1v) is 10.6. The minimum absolute atomic E-state index is 0.0456. The summed E-state index contributed by atoms with van der Waals surface area (Å²) in [6, 6.07) is 9.51. The van der Waals surface area contributed by atoms with E-state index in [0.717, 1.165) is 12.3 Å². The quantitative estimate of drug-likeness (QED) is 0.437. The highest BCUT2D eigenvalue weighted by atomic mass is 35.5. The third kappa shape index (κ3) is 3.94. The first-order chi connectivity index (χ1) is 14.7. The number of sulfonamides is 1. The predicted molar refractivity (Wildman–Crippen MR) is 111 cm³/mol. The van der Waals surface area contributed by atoms with E-state index in [0.29, 0.717) is 5.56 Å². The van der Waals surface area contributed by atoms with Crippen molar-refractivity contribution in [2.24, 2.45) is 0 Å². The van der Waals surface area contributed by atoms with E-state index in [1.54, 1.807) is 19.1 Å². The van der Waals surface area contributed by atoms with E-state index in [-0.39, 0.29) is 26.7 Å². The van der Waals surface area contributed by atoms with Crippen LogP contribution in [0, 0.1) is 12.7 Å². The minimum atomic E-state index is -4.11. The number of fused-ring (bicyclic) bond motifs is 1. The number of hydrogen-bond acceptors (Lipinski definition) is 6. The number of nitrogens with zero attached hydrogens (tertiary/aromatic N) is 1. The number of carbonyl (C=O) groups is 1. The summed E-state index contributed by atoms with van der Waals surface area (Å²) >= 11 is 5.95. The highest BCUT2D eigenvalue weighted by molar-refractivity contribution is 7.92. The third-order valence-corrected chi connectivity index (χ3v) is 5.95. The lowest BCUT2D eigenvalue weighted by Crippen LogP contribution is -2.17. The van der Waals surface area contributed by atoms with Crippen molar-refractivity contribution in [1.82, 2.24) is 9.97 Å². The Kier molecular flexibility index (Phi) is 5.11. The third-order valence-electron chi connectivity index (χ3n) is 4.38. The fourth-order valence-electron chi connectivity index (χ4n) is 3.01. The van der Waals surface area contributed by atoms with Crippen LogP contribution in [0.4, 0.5) is 10.1 Å². The van der Waals surface area contributed by atoms with Crippen molar-refractivity contribution in [2.75, 3.05) is 4.72 Å². The molecule has 0 radical (unpaired) electrons. The van der Waals surface area contributed by atoms with Gasteiger partial charge in [0.15, 0.2) is 5.58 Å². The van der Waals surface area contributed by atoms with Crippen LogP contribution in [0.5, 0.6) is 0 Å². The van der Waals surface area contributed by atoms with Crippen molar-refractivity contribution < 1.29 is 22.0 Å². The second-order valence-electron chi connectivity index (χ2n) is 6.61. The minimum Gasteiger partial charge on any atom is -0.407 e. The molecule has 2 N–H and O–H groups in total. The first kappa shape index (κ1) is 20.8. The van der Waals surface area contributed by atoms with Crippen LogP contribution in [-0.2, 0) is 10.0 Å². The molecule has 0 atom stereocenters. The van der Waals surface area contributed by atoms with E-state index in [4.69, 9.17) is 16.0 Å². The Morgan fingerprint density at radius 2 is 2.00 bits per heavy atom. The number of H-pyrrole nitrogens is 1. The van der Waals surface area contributed by atoms with Gasteiger partial charge in [-0.05, 0) is 42.8 Å². The van der Waals surface area contributed by atoms with Gasteiger partial charge in [0.05, 0.1) is 21.1 Å². The molecule has 0 fully saturated rings. The zero-order valence-corrected chi connectivity index (χ0v) is 17.3. The number of aromatic nitrogens is 2. The van der Waals surface area contributed by atoms with Gasteiger partial charge >= 0.3 is 5.76 Å². The van der Waals surface area contributed by atoms with Crippen LogP contribution >= 0.6 is 11.6 Å². The predicted octanol–water partition coefficient (Wildman–Crippen LogP) is 3.65. The molecular weight excluding hydrogens is 449 g/mol. The van der Waals surface area contributed by atoms with Gasteiger partial charge < -0.3 is 4.42 Å². The molecule has 8 nitrogen and oxygen atoms in total. The Hall–Kier alpha value is -3.50. The van der Waals surface area contributed by atoms with Crippen molar-refractivity contribution in [2.45, 2.75) is 11.8 Å². The standard InChI is InChI=1S/C20H13ClFN3O5S/c1-10-3-2-4-12(7-10)31(28,29)25-15-8-11(21)9-23-17(15)18(26)16-13(22)5-6-14-19(16)30-20(27)24-14/h2-9,25H,1H3,(H,24,27). The number of pyridine rings is 1. The molecule has 0 aliphatic rings. The maximum absolute atomic E-state index is 14.5. The van der Waals surface area contributed by atoms with Gasteiger partial charge in [-0.2, -0.15) is 0 Å². The SMILES string of the molecule is Cc1cccc(S(=O)(=O)Nc2cc(Cl)cnc2C(=O)c2c(F)ccc3[nH]c(=O)oc23)c1. The summed E-state index contributed by atoms with van der Waals surface area (Å²) in [7, 11) is -4.11. The molecule has 2 aromatic heterocycles. The maximum atomic E-state index is 14.5. The molecule has 0 saturated carbocycles. The van der Waals surface area contributed by atoms with Crippen LogP contribution in [0.25, 0.3) is 11.1 Å². The molecule has 31 heavy (non-hydrogen) atoms. The van der Waals surface area contributed by atoms with Crippen LogP contribution in [0.15, 0.2) is 62.8 Å². The monoisotopic (exact) mass is 461 g/mol. The molecular formula is C20H13ClFN3O5S. The molecule has 0 aliphatic heterocycles. The zero-order valence-electron chi connectivity index (χ0n) is 15.8. The number of anilines is 1. The van der Waals surface area contributed by atoms with Gasteiger partial charge in [-0.25, -0.2) is 22.6 Å². The molecule has 0 aliphatic carbocycles. The number of ketones is 1. The molecule has 0 amide bonds. The second-order valence-corrected chi connectivity index (χ2v) is 8.73. The van der Waals surface area contributed by atoms with Crippen molar-refractivity contribution in [1.29, 1.82) is 0 Å². The fourth-order valence-corrected chi connectivity index (χ4v) is 4.33. The number of oxazole rings is 1. The van der Waals surface area contributed by atoms with Crippen molar-refractivity contribution in [3.05, 3.63) is 86.9 Å². The number of rotatable bonds is 5. The normalized spacial score (nSPS) is 11.6. The first-order valence-electron chi connectivity index (χ1n) is 8.77. The molecule has 4 aromatic rings. The molecule has 0 bridgehead atoms. The molecule has 2 aromatic carbocycles. The van der Waals surface area contributed by atoms with Gasteiger partial charge in [0.25, 0.3) is 10.0 Å². The van der Waals surface area contributed by atoms with Crippen molar-refractivity contribution >= 4 is 44.2 Å². The fraction of sp³-hybridized carbons (Fsp3) is 0.0500. The lowest BCUT2D eigenvalue weighted by Gasteiger charge is -2.12. The topological polar surface area (TPSA) is 122 Å².